The number of hydroxylamine groups is 1. The largest absolute Gasteiger partial charge is 0.396 e. The fourth-order valence-electron chi connectivity index (χ4n) is 0.810. The highest BCUT2D eigenvalue weighted by atomic mass is 31.2. The Labute approximate surface area is 90.6 Å². The summed E-state index contributed by atoms with van der Waals surface area (Å²) in [5, 5.41) is 8.73. The number of hydrogen-bond acceptors (Lipinski definition) is 6. The molecular formula is C8H21N2O4P. The summed E-state index contributed by atoms with van der Waals surface area (Å²) in [5.41, 5.74) is 7.69. The third kappa shape index (κ3) is 7.90. The second-order valence-electron chi connectivity index (χ2n) is 3.02. The van der Waals surface area contributed by atoms with E-state index in [1.807, 2.05) is 6.92 Å². The highest BCUT2D eigenvalue weighted by Gasteiger charge is 2.23. The lowest BCUT2D eigenvalue weighted by Gasteiger charge is -2.17. The van der Waals surface area contributed by atoms with Crippen molar-refractivity contribution in [2.45, 2.75) is 19.8 Å². The van der Waals surface area contributed by atoms with E-state index in [0.717, 1.165) is 12.8 Å². The van der Waals surface area contributed by atoms with E-state index in [1.54, 1.807) is 0 Å². The van der Waals surface area contributed by atoms with Crippen molar-refractivity contribution >= 4 is 7.60 Å². The molecule has 1 atom stereocenters. The maximum Gasteiger partial charge on any atom is 0.349 e. The molecule has 1 unspecified atom stereocenters. The third-order valence-electron chi connectivity index (χ3n) is 1.61. The number of nitrogens with one attached hydrogen (secondary N) is 1. The molecule has 0 aliphatic rings. The van der Waals surface area contributed by atoms with E-state index < -0.39 is 7.60 Å². The maximum absolute atomic E-state index is 11.9. The van der Waals surface area contributed by atoms with E-state index in [2.05, 4.69) is 5.48 Å². The fourth-order valence-corrected chi connectivity index (χ4v) is 2.02. The van der Waals surface area contributed by atoms with Gasteiger partial charge in [0.15, 0.2) is 0 Å². The zero-order valence-corrected chi connectivity index (χ0v) is 10.0. The van der Waals surface area contributed by atoms with E-state index >= 15 is 0 Å². The van der Waals surface area contributed by atoms with Crippen molar-refractivity contribution in [1.29, 1.82) is 0 Å². The molecule has 0 bridgehead atoms. The van der Waals surface area contributed by atoms with Gasteiger partial charge >= 0.3 is 7.60 Å². The Kier molecular flexibility index (Phi) is 9.29. The lowest BCUT2D eigenvalue weighted by Crippen LogP contribution is -2.23. The lowest BCUT2D eigenvalue weighted by molar-refractivity contribution is 0.136. The predicted octanol–water partition coefficient (Wildman–Crippen LogP) is 0.468. The molecule has 0 aromatic heterocycles. The number of hydrogen-bond donors (Lipinski definition) is 3. The molecular weight excluding hydrogens is 219 g/mol. The van der Waals surface area contributed by atoms with Gasteiger partial charge in [-0.15, -0.1) is 0 Å². The van der Waals surface area contributed by atoms with Gasteiger partial charge in [-0.1, -0.05) is 13.3 Å². The quantitative estimate of drug-likeness (QED) is 0.292. The molecule has 6 nitrogen and oxygen atoms in total. The topological polar surface area (TPSA) is 93.8 Å². The van der Waals surface area contributed by atoms with Gasteiger partial charge in [-0.05, 0) is 6.42 Å². The van der Waals surface area contributed by atoms with Gasteiger partial charge in [0.2, 0.25) is 0 Å². The van der Waals surface area contributed by atoms with Crippen molar-refractivity contribution in [2.75, 3.05) is 32.5 Å². The summed E-state index contributed by atoms with van der Waals surface area (Å²) in [6.07, 6.45) is 1.76. The van der Waals surface area contributed by atoms with E-state index in [9.17, 15) is 4.57 Å². The van der Waals surface area contributed by atoms with Crippen LogP contribution in [0.1, 0.15) is 19.8 Å². The third-order valence-corrected chi connectivity index (χ3v) is 3.34. The monoisotopic (exact) mass is 240 g/mol. The van der Waals surface area contributed by atoms with Crippen LogP contribution in [0.5, 0.6) is 0 Å². The molecule has 15 heavy (non-hydrogen) atoms. The Morgan fingerprint density at radius 2 is 2.27 bits per heavy atom. The van der Waals surface area contributed by atoms with E-state index in [-0.39, 0.29) is 12.8 Å². The number of nitrogens with two attached hydrogens (primary N) is 1. The Morgan fingerprint density at radius 3 is 2.80 bits per heavy atom. The first-order valence-electron chi connectivity index (χ1n) is 5.14. The van der Waals surface area contributed by atoms with Gasteiger partial charge in [0, 0.05) is 13.1 Å². The SMILES string of the molecule is CCCCOP(=O)(CCO)ONCCN. The second-order valence-corrected chi connectivity index (χ2v) is 5.13. The Bertz CT molecular complexity index is 177. The first-order chi connectivity index (χ1) is 7.18. The minimum absolute atomic E-state index is 0.00567. The Balaban J connectivity index is 3.89. The van der Waals surface area contributed by atoms with Crippen LogP contribution in [-0.2, 0) is 13.7 Å². The van der Waals surface area contributed by atoms with Crippen LogP contribution in [0, 0.1) is 0 Å². The van der Waals surface area contributed by atoms with Gasteiger partial charge in [-0.25, -0.2) is 4.62 Å². The minimum Gasteiger partial charge on any atom is -0.396 e. The zero-order chi connectivity index (χ0) is 11.6. The summed E-state index contributed by atoms with van der Waals surface area (Å²) in [6.45, 7) is 2.93. The molecule has 0 heterocycles. The van der Waals surface area contributed by atoms with Gasteiger partial charge in [-0.3, -0.25) is 4.57 Å². The minimum atomic E-state index is -3.20. The summed E-state index contributed by atoms with van der Waals surface area (Å²) in [6, 6.07) is 0. The molecule has 7 heteroatoms. The molecule has 92 valence electrons. The van der Waals surface area contributed by atoms with Crippen LogP contribution in [-0.4, -0.2) is 37.6 Å². The van der Waals surface area contributed by atoms with E-state index in [0.29, 0.717) is 19.7 Å². The van der Waals surface area contributed by atoms with Crippen molar-refractivity contribution in [3.63, 3.8) is 0 Å². The van der Waals surface area contributed by atoms with Gasteiger partial charge < -0.3 is 15.4 Å². The van der Waals surface area contributed by atoms with E-state index in [4.69, 9.17) is 20.0 Å². The number of aliphatic hydroxyl groups is 1. The molecule has 0 aromatic rings. The molecule has 0 radical (unpaired) electrons. The molecule has 0 saturated carbocycles. The van der Waals surface area contributed by atoms with Crippen molar-refractivity contribution in [1.82, 2.24) is 5.48 Å². The molecule has 4 N–H and O–H groups in total. The average molecular weight is 240 g/mol. The molecule has 0 spiro atoms. The summed E-state index contributed by atoms with van der Waals surface area (Å²) in [5.74, 6) is 0. The number of unbranched alkanes of at least 4 members (excludes halogenated alkanes) is 1. The molecule has 0 rings (SSSR count). The summed E-state index contributed by atoms with van der Waals surface area (Å²) in [7, 11) is -3.20. The van der Waals surface area contributed by atoms with Crippen LogP contribution in [0.3, 0.4) is 0 Å². The molecule has 0 aliphatic carbocycles. The van der Waals surface area contributed by atoms with Gasteiger partial charge in [0.05, 0.1) is 19.4 Å². The average Bonchev–Trinajstić information content (AvgIpc) is 2.19. The first kappa shape index (κ1) is 15.0. The smallest absolute Gasteiger partial charge is 0.349 e. The van der Waals surface area contributed by atoms with Crippen LogP contribution in [0.2, 0.25) is 0 Å². The first-order valence-corrected chi connectivity index (χ1v) is 6.87. The van der Waals surface area contributed by atoms with E-state index in [1.165, 1.54) is 0 Å². The normalized spacial score (nSPS) is 15.1. The van der Waals surface area contributed by atoms with Crippen LogP contribution < -0.4 is 11.2 Å². The zero-order valence-electron chi connectivity index (χ0n) is 9.15. The molecule has 0 aromatic carbocycles. The van der Waals surface area contributed by atoms with Crippen LogP contribution >= 0.6 is 7.60 Å². The summed E-state index contributed by atoms with van der Waals surface area (Å²) < 4.78 is 21.9. The van der Waals surface area contributed by atoms with Crippen molar-refractivity contribution in [3.05, 3.63) is 0 Å². The second kappa shape index (κ2) is 9.27. The van der Waals surface area contributed by atoms with Gasteiger partial charge in [0.25, 0.3) is 0 Å². The van der Waals surface area contributed by atoms with Crippen LogP contribution in [0.25, 0.3) is 0 Å². The Hall–Kier alpha value is 0.0300. The fraction of sp³-hybridized carbons (Fsp3) is 1.00. The molecule has 0 amide bonds. The van der Waals surface area contributed by atoms with Crippen LogP contribution in [0.15, 0.2) is 0 Å². The molecule has 0 saturated heterocycles. The number of aliphatic hydroxyl groups excluding tert-OH is 1. The summed E-state index contributed by atoms with van der Waals surface area (Å²) >= 11 is 0. The standard InChI is InChI=1S/C8H21N2O4P/c1-2-3-7-13-15(12,8-6-11)14-10-5-4-9/h10-11H,2-9H2,1H3. The van der Waals surface area contributed by atoms with Crippen molar-refractivity contribution in [3.8, 4) is 0 Å². The van der Waals surface area contributed by atoms with Crippen LogP contribution in [0.4, 0.5) is 0 Å². The maximum atomic E-state index is 11.9. The predicted molar refractivity (Wildman–Crippen MR) is 58.6 cm³/mol. The molecule has 0 fully saturated rings. The highest BCUT2D eigenvalue weighted by Crippen LogP contribution is 2.46. The molecule has 0 aliphatic heterocycles. The Morgan fingerprint density at radius 1 is 1.53 bits per heavy atom. The van der Waals surface area contributed by atoms with Gasteiger partial charge in [0.1, 0.15) is 0 Å². The van der Waals surface area contributed by atoms with Gasteiger partial charge in [-0.2, -0.15) is 5.48 Å². The highest BCUT2D eigenvalue weighted by molar-refractivity contribution is 7.53. The lowest BCUT2D eigenvalue weighted by atomic mass is 10.4. The van der Waals surface area contributed by atoms with Crippen molar-refractivity contribution in [2.24, 2.45) is 5.73 Å². The van der Waals surface area contributed by atoms with Crippen molar-refractivity contribution < 1.29 is 18.8 Å². The number of rotatable bonds is 10. The summed E-state index contributed by atoms with van der Waals surface area (Å²) in [4.78, 5) is 0.